The van der Waals surface area contributed by atoms with Crippen molar-refractivity contribution in [3.63, 3.8) is 0 Å². The van der Waals surface area contributed by atoms with Gasteiger partial charge in [0, 0.05) is 13.0 Å². The first-order chi connectivity index (χ1) is 16.9. The molecule has 180 valence electrons. The van der Waals surface area contributed by atoms with Crippen LogP contribution in [0.2, 0.25) is 0 Å². The van der Waals surface area contributed by atoms with Crippen molar-refractivity contribution in [2.24, 2.45) is 7.05 Å². The number of rotatable bonds is 9. The average Bonchev–Trinajstić information content (AvgIpc) is 3.37. The molecule has 1 heterocycles. The fourth-order valence-electron chi connectivity index (χ4n) is 4.34. The molecule has 0 radical (unpaired) electrons. The van der Waals surface area contributed by atoms with Crippen LogP contribution in [0.1, 0.15) is 40.4 Å². The standard InChI is InChI=1S/C26H26N4O5/c1-3-4-13-21(24(31)28-22-14-27-30(2)23(22)25(32)33)29-26(34)35-15-20-18-11-7-5-9-16(18)17-10-6-8-12-19(17)20/h3,5-12,14,20-21H,1,4,13,15H2,2H3,(H,28,31)(H,29,34)(H,32,33). The SMILES string of the molecule is C=CCCC(NC(=O)OCC1c2ccccc2-c2ccccc21)C(=O)Nc1cnn(C)c1C(=O)O. The van der Waals surface area contributed by atoms with Crippen molar-refractivity contribution in [3.05, 3.63) is 84.2 Å². The summed E-state index contributed by atoms with van der Waals surface area (Å²) < 4.78 is 6.70. The minimum absolute atomic E-state index is 0.0444. The zero-order chi connectivity index (χ0) is 24.9. The molecule has 1 unspecified atom stereocenters. The van der Waals surface area contributed by atoms with Gasteiger partial charge < -0.3 is 20.5 Å². The second kappa shape index (κ2) is 10.3. The number of carbonyl (C=O) groups excluding carboxylic acids is 2. The highest BCUT2D eigenvalue weighted by Gasteiger charge is 2.30. The van der Waals surface area contributed by atoms with Gasteiger partial charge in [0.1, 0.15) is 12.6 Å². The number of amides is 2. The Labute approximate surface area is 202 Å². The Morgan fingerprint density at radius 1 is 1.14 bits per heavy atom. The molecule has 35 heavy (non-hydrogen) atoms. The second-order valence-electron chi connectivity index (χ2n) is 8.21. The number of hydrogen-bond acceptors (Lipinski definition) is 5. The van der Waals surface area contributed by atoms with E-state index in [1.165, 1.54) is 13.2 Å². The molecule has 9 heteroatoms. The van der Waals surface area contributed by atoms with Crippen LogP contribution in [-0.4, -0.2) is 45.5 Å². The van der Waals surface area contributed by atoms with Crippen molar-refractivity contribution in [1.29, 1.82) is 0 Å². The summed E-state index contributed by atoms with van der Waals surface area (Å²) in [5.41, 5.74) is 4.28. The predicted octanol–water partition coefficient (Wildman–Crippen LogP) is 3.93. The Kier molecular flexibility index (Phi) is 6.96. The van der Waals surface area contributed by atoms with E-state index < -0.39 is 24.0 Å². The highest BCUT2D eigenvalue weighted by molar-refractivity contribution is 6.01. The highest BCUT2D eigenvalue weighted by atomic mass is 16.5. The molecule has 9 nitrogen and oxygen atoms in total. The summed E-state index contributed by atoms with van der Waals surface area (Å²) in [7, 11) is 1.46. The van der Waals surface area contributed by atoms with E-state index in [1.807, 2.05) is 48.5 Å². The third kappa shape index (κ3) is 4.93. The number of benzene rings is 2. The fraction of sp³-hybridized carbons (Fsp3) is 0.231. The van der Waals surface area contributed by atoms with Gasteiger partial charge in [-0.25, -0.2) is 9.59 Å². The van der Waals surface area contributed by atoms with Gasteiger partial charge in [-0.15, -0.1) is 6.58 Å². The van der Waals surface area contributed by atoms with Gasteiger partial charge in [-0.3, -0.25) is 9.48 Å². The molecule has 2 amide bonds. The lowest BCUT2D eigenvalue weighted by atomic mass is 9.98. The zero-order valence-electron chi connectivity index (χ0n) is 19.2. The number of ether oxygens (including phenoxy) is 1. The molecule has 3 N–H and O–H groups in total. The van der Waals surface area contributed by atoms with Crippen LogP contribution in [0, 0.1) is 0 Å². The van der Waals surface area contributed by atoms with Crippen LogP contribution in [0.25, 0.3) is 11.1 Å². The maximum absolute atomic E-state index is 12.9. The van der Waals surface area contributed by atoms with E-state index in [9.17, 15) is 19.5 Å². The first-order valence-electron chi connectivity index (χ1n) is 11.2. The number of carbonyl (C=O) groups is 3. The molecule has 0 saturated carbocycles. The lowest BCUT2D eigenvalue weighted by Gasteiger charge is -2.19. The van der Waals surface area contributed by atoms with Crippen LogP contribution in [0.4, 0.5) is 10.5 Å². The van der Waals surface area contributed by atoms with Crippen molar-refractivity contribution in [2.45, 2.75) is 24.8 Å². The number of alkyl carbamates (subject to hydrolysis) is 1. The predicted molar refractivity (Wildman–Crippen MR) is 130 cm³/mol. The molecule has 3 aromatic rings. The number of fused-ring (bicyclic) bond motifs is 3. The number of aromatic nitrogens is 2. The van der Waals surface area contributed by atoms with E-state index in [2.05, 4.69) is 22.3 Å². The van der Waals surface area contributed by atoms with Gasteiger partial charge in [-0.2, -0.15) is 5.10 Å². The third-order valence-electron chi connectivity index (χ3n) is 6.01. The number of carboxylic acids is 1. The van der Waals surface area contributed by atoms with Crippen LogP contribution < -0.4 is 10.6 Å². The Balaban J connectivity index is 1.44. The van der Waals surface area contributed by atoms with Gasteiger partial charge >= 0.3 is 12.1 Å². The third-order valence-corrected chi connectivity index (χ3v) is 6.01. The van der Waals surface area contributed by atoms with Crippen molar-refractivity contribution < 1.29 is 24.2 Å². The van der Waals surface area contributed by atoms with Gasteiger partial charge in [0.2, 0.25) is 5.91 Å². The number of nitrogens with zero attached hydrogens (tertiary/aromatic N) is 2. The van der Waals surface area contributed by atoms with Crippen LogP contribution in [0.15, 0.2) is 67.4 Å². The number of allylic oxidation sites excluding steroid dienone is 1. The molecule has 1 aliphatic rings. The number of nitrogens with one attached hydrogen (secondary N) is 2. The number of hydrogen-bond donors (Lipinski definition) is 3. The van der Waals surface area contributed by atoms with E-state index >= 15 is 0 Å². The Hall–Kier alpha value is -4.40. The average molecular weight is 475 g/mol. The van der Waals surface area contributed by atoms with Crippen LogP contribution in [-0.2, 0) is 16.6 Å². The van der Waals surface area contributed by atoms with Gasteiger partial charge in [-0.05, 0) is 35.1 Å². The summed E-state index contributed by atoms with van der Waals surface area (Å²) in [5.74, 6) is -1.91. The molecule has 4 rings (SSSR count). The molecule has 1 atom stereocenters. The normalized spacial score (nSPS) is 12.8. The largest absolute Gasteiger partial charge is 0.476 e. The first-order valence-corrected chi connectivity index (χ1v) is 11.2. The van der Waals surface area contributed by atoms with Crippen molar-refractivity contribution in [2.75, 3.05) is 11.9 Å². The van der Waals surface area contributed by atoms with Crippen molar-refractivity contribution in [1.82, 2.24) is 15.1 Å². The smallest absolute Gasteiger partial charge is 0.407 e. The second-order valence-corrected chi connectivity index (χ2v) is 8.21. The Bertz CT molecular complexity index is 1240. The van der Waals surface area contributed by atoms with Crippen LogP contribution >= 0.6 is 0 Å². The van der Waals surface area contributed by atoms with E-state index in [0.717, 1.165) is 26.9 Å². The molecule has 1 aliphatic carbocycles. The number of aromatic carboxylic acids is 1. The van der Waals surface area contributed by atoms with Crippen LogP contribution in [0.3, 0.4) is 0 Å². The highest BCUT2D eigenvalue weighted by Crippen LogP contribution is 2.44. The quantitative estimate of drug-likeness (QED) is 0.404. The van der Waals surface area contributed by atoms with Crippen LogP contribution in [0.5, 0.6) is 0 Å². The lowest BCUT2D eigenvalue weighted by molar-refractivity contribution is -0.118. The Morgan fingerprint density at radius 3 is 2.37 bits per heavy atom. The van der Waals surface area contributed by atoms with Gasteiger partial charge in [0.05, 0.1) is 11.9 Å². The minimum Gasteiger partial charge on any atom is -0.476 e. The minimum atomic E-state index is -1.23. The van der Waals surface area contributed by atoms with Crippen molar-refractivity contribution in [3.8, 4) is 11.1 Å². The first kappa shape index (κ1) is 23.7. The topological polar surface area (TPSA) is 123 Å². The summed E-state index contributed by atoms with van der Waals surface area (Å²) in [6, 6.07) is 15.1. The summed E-state index contributed by atoms with van der Waals surface area (Å²) in [5, 5.41) is 18.4. The molecule has 2 aromatic carbocycles. The maximum Gasteiger partial charge on any atom is 0.407 e. The summed E-state index contributed by atoms with van der Waals surface area (Å²) >= 11 is 0. The van der Waals surface area contributed by atoms with Gasteiger partial charge in [-0.1, -0.05) is 54.6 Å². The summed E-state index contributed by atoms with van der Waals surface area (Å²) in [6.07, 6.45) is 2.87. The lowest BCUT2D eigenvalue weighted by Crippen LogP contribution is -2.44. The Morgan fingerprint density at radius 2 is 1.77 bits per heavy atom. The molecule has 0 aliphatic heterocycles. The van der Waals surface area contributed by atoms with Gasteiger partial charge in [0.15, 0.2) is 5.69 Å². The molecular formula is C26H26N4O5. The monoisotopic (exact) mass is 474 g/mol. The number of anilines is 1. The van der Waals surface area contributed by atoms with Gasteiger partial charge in [0.25, 0.3) is 0 Å². The van der Waals surface area contributed by atoms with E-state index in [0.29, 0.717) is 6.42 Å². The number of aryl methyl sites for hydroxylation is 1. The molecule has 0 saturated heterocycles. The zero-order valence-corrected chi connectivity index (χ0v) is 19.2. The fourth-order valence-corrected chi connectivity index (χ4v) is 4.34. The molecule has 0 bridgehead atoms. The van der Waals surface area contributed by atoms with E-state index in [-0.39, 0.29) is 30.3 Å². The maximum atomic E-state index is 12.9. The number of carboxylic acid groups (broad SMARTS) is 1. The summed E-state index contributed by atoms with van der Waals surface area (Å²) in [6.45, 7) is 3.77. The molecular weight excluding hydrogens is 448 g/mol. The van der Waals surface area contributed by atoms with E-state index in [1.54, 1.807) is 6.08 Å². The van der Waals surface area contributed by atoms with Crippen molar-refractivity contribution >= 4 is 23.7 Å². The van der Waals surface area contributed by atoms with E-state index in [4.69, 9.17) is 4.74 Å². The molecule has 0 spiro atoms. The molecule has 1 aromatic heterocycles. The molecule has 0 fully saturated rings. The summed E-state index contributed by atoms with van der Waals surface area (Å²) in [4.78, 5) is 37.0.